The first-order valence-electron chi connectivity index (χ1n) is 6.40. The van der Waals surface area contributed by atoms with E-state index in [4.69, 9.17) is 11.6 Å². The molecule has 7 nitrogen and oxygen atoms in total. The molecule has 0 spiro atoms. The fraction of sp³-hybridized carbons (Fsp3) is 0.143. The first kappa shape index (κ1) is 14.3. The lowest BCUT2D eigenvalue weighted by atomic mass is 10.1. The number of H-pyrrole nitrogens is 1. The van der Waals surface area contributed by atoms with Crippen LogP contribution in [-0.2, 0) is 13.6 Å². The maximum absolute atomic E-state index is 12.3. The molecule has 2 aromatic heterocycles. The van der Waals surface area contributed by atoms with E-state index in [1.165, 1.54) is 22.5 Å². The number of carbonyl (C=O) groups excluding carboxylic acids is 1. The second kappa shape index (κ2) is 5.27. The number of aromatic amines is 1. The van der Waals surface area contributed by atoms with Gasteiger partial charge in [-0.3, -0.25) is 19.1 Å². The summed E-state index contributed by atoms with van der Waals surface area (Å²) in [6.45, 7) is -0.0329. The Balaban J connectivity index is 2.05. The molecule has 1 aromatic carbocycles. The number of fused-ring (bicyclic) bond motifs is 1. The summed E-state index contributed by atoms with van der Waals surface area (Å²) < 4.78 is 2.72. The van der Waals surface area contributed by atoms with Gasteiger partial charge < -0.3 is 4.57 Å². The van der Waals surface area contributed by atoms with Crippen LogP contribution in [0.5, 0.6) is 0 Å². The minimum atomic E-state index is -0.573. The first-order chi connectivity index (χ1) is 10.5. The van der Waals surface area contributed by atoms with Crippen LogP contribution in [0.15, 0.2) is 40.2 Å². The molecule has 3 aromatic rings. The fourth-order valence-electron chi connectivity index (χ4n) is 2.22. The normalized spacial score (nSPS) is 11.0. The molecule has 3 rings (SSSR count). The van der Waals surface area contributed by atoms with Crippen LogP contribution in [0.2, 0.25) is 5.02 Å². The van der Waals surface area contributed by atoms with Gasteiger partial charge in [0.15, 0.2) is 11.3 Å². The number of nitrogens with one attached hydrogen (secondary N) is 1. The maximum Gasteiger partial charge on any atom is 0.329 e. The van der Waals surface area contributed by atoms with E-state index in [9.17, 15) is 14.4 Å². The van der Waals surface area contributed by atoms with Gasteiger partial charge in [-0.05, 0) is 24.3 Å². The molecule has 0 fully saturated rings. The van der Waals surface area contributed by atoms with Crippen LogP contribution in [0, 0.1) is 0 Å². The van der Waals surface area contributed by atoms with E-state index in [1.807, 2.05) is 0 Å². The molecule has 0 aliphatic heterocycles. The predicted octanol–water partition coefficient (Wildman–Crippen LogP) is 0.960. The van der Waals surface area contributed by atoms with Gasteiger partial charge in [-0.25, -0.2) is 9.78 Å². The van der Waals surface area contributed by atoms with Crippen molar-refractivity contribution in [1.29, 1.82) is 0 Å². The number of carbonyl (C=O) groups is 1. The average molecular weight is 319 g/mol. The molecule has 0 aliphatic carbocycles. The number of halogens is 1. The first-order valence-corrected chi connectivity index (χ1v) is 6.78. The third kappa shape index (κ3) is 2.35. The fourth-order valence-corrected chi connectivity index (χ4v) is 2.35. The highest BCUT2D eigenvalue weighted by molar-refractivity contribution is 6.30. The molecule has 0 unspecified atom stereocenters. The minimum absolute atomic E-state index is 0.0329. The second-order valence-corrected chi connectivity index (χ2v) is 5.23. The van der Waals surface area contributed by atoms with Gasteiger partial charge in [-0.2, -0.15) is 0 Å². The van der Waals surface area contributed by atoms with Crippen molar-refractivity contribution in [2.24, 2.45) is 7.05 Å². The molecule has 0 atom stereocenters. The molecule has 22 heavy (non-hydrogen) atoms. The lowest BCUT2D eigenvalue weighted by Gasteiger charge is -2.06. The van der Waals surface area contributed by atoms with E-state index in [0.717, 1.165) is 0 Å². The van der Waals surface area contributed by atoms with Crippen molar-refractivity contribution in [1.82, 2.24) is 19.1 Å². The van der Waals surface area contributed by atoms with Gasteiger partial charge in [-0.1, -0.05) is 11.6 Å². The molecular weight excluding hydrogens is 308 g/mol. The number of imidazole rings is 1. The van der Waals surface area contributed by atoms with Crippen molar-refractivity contribution in [2.75, 3.05) is 0 Å². The maximum atomic E-state index is 12.3. The molecule has 1 N–H and O–H groups in total. The molecule has 0 saturated heterocycles. The van der Waals surface area contributed by atoms with Crippen molar-refractivity contribution in [3.63, 3.8) is 0 Å². The monoisotopic (exact) mass is 318 g/mol. The van der Waals surface area contributed by atoms with Crippen molar-refractivity contribution < 1.29 is 4.79 Å². The van der Waals surface area contributed by atoms with Crippen LogP contribution in [0.1, 0.15) is 10.4 Å². The highest BCUT2D eigenvalue weighted by Crippen LogP contribution is 2.12. The number of nitrogens with zero attached hydrogens (tertiary/aromatic N) is 3. The third-order valence-corrected chi connectivity index (χ3v) is 3.60. The predicted molar refractivity (Wildman–Crippen MR) is 81.4 cm³/mol. The summed E-state index contributed by atoms with van der Waals surface area (Å²) in [5, 5.41) is 0.540. The van der Waals surface area contributed by atoms with Crippen molar-refractivity contribution in [2.45, 2.75) is 6.54 Å². The smallest absolute Gasteiger partial charge is 0.309 e. The van der Waals surface area contributed by atoms with Crippen LogP contribution in [0.25, 0.3) is 11.2 Å². The summed E-state index contributed by atoms with van der Waals surface area (Å²) in [6, 6.07) is 6.49. The van der Waals surface area contributed by atoms with Crippen molar-refractivity contribution >= 4 is 28.5 Å². The van der Waals surface area contributed by atoms with Crippen molar-refractivity contribution in [3.8, 4) is 0 Å². The number of Topliss-reactive ketones (excluding diaryl/α,β-unsaturated/α-hetero) is 1. The number of rotatable bonds is 3. The van der Waals surface area contributed by atoms with E-state index < -0.39 is 11.2 Å². The van der Waals surface area contributed by atoms with Gasteiger partial charge in [0.25, 0.3) is 5.56 Å². The molecule has 0 aliphatic rings. The van der Waals surface area contributed by atoms with E-state index in [2.05, 4.69) is 9.97 Å². The molecule has 0 bridgehead atoms. The minimum Gasteiger partial charge on any atom is -0.309 e. The molecule has 112 valence electrons. The molecule has 0 amide bonds. The van der Waals surface area contributed by atoms with Gasteiger partial charge >= 0.3 is 5.69 Å². The number of benzene rings is 1. The van der Waals surface area contributed by atoms with Gasteiger partial charge in [0.2, 0.25) is 0 Å². The molecule has 0 saturated carbocycles. The largest absolute Gasteiger partial charge is 0.329 e. The Morgan fingerprint density at radius 3 is 2.64 bits per heavy atom. The van der Waals surface area contributed by atoms with E-state index in [-0.39, 0.29) is 17.8 Å². The average Bonchev–Trinajstić information content (AvgIpc) is 2.90. The summed E-state index contributed by atoms with van der Waals surface area (Å²) in [5.74, 6) is -0.177. The Morgan fingerprint density at radius 1 is 1.27 bits per heavy atom. The van der Waals surface area contributed by atoms with Crippen LogP contribution in [0.3, 0.4) is 0 Å². The third-order valence-electron chi connectivity index (χ3n) is 3.35. The number of aryl methyl sites for hydroxylation is 1. The van der Waals surface area contributed by atoms with Gasteiger partial charge in [0.05, 0.1) is 12.9 Å². The topological polar surface area (TPSA) is 89.8 Å². The summed E-state index contributed by atoms with van der Waals surface area (Å²) in [5.41, 5.74) is -0.225. The molecule has 0 radical (unpaired) electrons. The van der Waals surface area contributed by atoms with E-state index >= 15 is 0 Å². The van der Waals surface area contributed by atoms with Crippen LogP contribution >= 0.6 is 11.6 Å². The van der Waals surface area contributed by atoms with E-state index in [0.29, 0.717) is 16.2 Å². The molecule has 2 heterocycles. The summed E-state index contributed by atoms with van der Waals surface area (Å²) in [7, 11) is 1.51. The Bertz CT molecular complexity index is 982. The summed E-state index contributed by atoms with van der Waals surface area (Å²) >= 11 is 5.79. The number of aromatic nitrogens is 4. The lowest BCUT2D eigenvalue weighted by Crippen LogP contribution is -2.29. The second-order valence-electron chi connectivity index (χ2n) is 4.79. The zero-order chi connectivity index (χ0) is 15.9. The number of hydrogen-bond acceptors (Lipinski definition) is 4. The zero-order valence-electron chi connectivity index (χ0n) is 11.5. The quantitative estimate of drug-likeness (QED) is 0.728. The SMILES string of the molecule is Cn1c(=O)[nH]c(=O)c2ncn(CC(=O)c3ccc(Cl)cc3)c21. The van der Waals surface area contributed by atoms with Crippen LogP contribution in [0.4, 0.5) is 0 Å². The molecular formula is C14H11ClN4O3. The van der Waals surface area contributed by atoms with Crippen molar-refractivity contribution in [3.05, 3.63) is 62.0 Å². The van der Waals surface area contributed by atoms with Gasteiger partial charge in [-0.15, -0.1) is 0 Å². The highest BCUT2D eigenvalue weighted by atomic mass is 35.5. The van der Waals surface area contributed by atoms with Crippen LogP contribution in [-0.4, -0.2) is 24.9 Å². The molecule has 8 heteroatoms. The van der Waals surface area contributed by atoms with E-state index in [1.54, 1.807) is 24.3 Å². The Morgan fingerprint density at radius 2 is 1.95 bits per heavy atom. The highest BCUT2D eigenvalue weighted by Gasteiger charge is 2.14. The number of ketones is 1. The number of hydrogen-bond donors (Lipinski definition) is 1. The van der Waals surface area contributed by atoms with Gasteiger partial charge in [0.1, 0.15) is 5.65 Å². The van der Waals surface area contributed by atoms with Gasteiger partial charge in [0, 0.05) is 17.6 Å². The standard InChI is InChI=1S/C14H11ClN4O3/c1-18-13-11(12(21)17-14(18)22)16-7-19(13)6-10(20)8-2-4-9(15)5-3-8/h2-5,7H,6H2,1H3,(H,17,21,22). The Hall–Kier alpha value is -2.67. The lowest BCUT2D eigenvalue weighted by molar-refractivity contribution is 0.0973. The summed E-state index contributed by atoms with van der Waals surface area (Å²) in [4.78, 5) is 41.8. The Kier molecular flexibility index (Phi) is 3.42. The summed E-state index contributed by atoms with van der Waals surface area (Å²) in [6.07, 6.45) is 1.37. The Labute approximate surface area is 128 Å². The van der Waals surface area contributed by atoms with Crippen LogP contribution < -0.4 is 11.2 Å². The zero-order valence-corrected chi connectivity index (χ0v) is 12.3.